The summed E-state index contributed by atoms with van der Waals surface area (Å²) >= 11 is 1.19. The second-order valence-corrected chi connectivity index (χ2v) is 7.65. The van der Waals surface area contributed by atoms with E-state index in [4.69, 9.17) is 5.73 Å². The van der Waals surface area contributed by atoms with Gasteiger partial charge in [-0.3, -0.25) is 9.69 Å². The minimum absolute atomic E-state index is 0.314. The summed E-state index contributed by atoms with van der Waals surface area (Å²) < 4.78 is 0. The van der Waals surface area contributed by atoms with E-state index in [0.717, 1.165) is 16.6 Å². The molecule has 0 saturated heterocycles. The fourth-order valence-corrected chi connectivity index (χ4v) is 4.26. The third-order valence-corrected chi connectivity index (χ3v) is 5.71. The number of aryl methyl sites for hydroxylation is 1. The normalized spacial score (nSPS) is 13.4. The van der Waals surface area contributed by atoms with Crippen molar-refractivity contribution in [2.45, 2.75) is 26.7 Å². The molecule has 1 aliphatic heterocycles. The molecule has 0 aliphatic carbocycles. The number of primary amides is 1. The predicted molar refractivity (Wildman–Crippen MR) is 105 cm³/mol. The van der Waals surface area contributed by atoms with Gasteiger partial charge in [0.2, 0.25) is 0 Å². The molecule has 3 N–H and O–H groups in total. The SMILES string of the molecule is Cc1cc(C(C)C)ccc1N1C(=O)Nc2c(C(N)=O)sc3nccc1c23. The van der Waals surface area contributed by atoms with Crippen LogP contribution in [0.4, 0.5) is 21.9 Å². The fourth-order valence-electron chi connectivity index (χ4n) is 3.29. The summed E-state index contributed by atoms with van der Waals surface area (Å²) in [4.78, 5) is 31.6. The van der Waals surface area contributed by atoms with Gasteiger partial charge in [-0.1, -0.05) is 26.0 Å². The Balaban J connectivity index is 1.94. The third-order valence-electron chi connectivity index (χ3n) is 4.60. The van der Waals surface area contributed by atoms with E-state index in [0.29, 0.717) is 27.0 Å². The van der Waals surface area contributed by atoms with Crippen LogP contribution in [-0.2, 0) is 0 Å². The van der Waals surface area contributed by atoms with E-state index in [1.165, 1.54) is 16.9 Å². The Morgan fingerprint density at radius 3 is 2.69 bits per heavy atom. The van der Waals surface area contributed by atoms with E-state index in [1.807, 2.05) is 19.1 Å². The number of carbonyl (C=O) groups excluding carboxylic acids is 2. The summed E-state index contributed by atoms with van der Waals surface area (Å²) in [6.45, 7) is 6.26. The van der Waals surface area contributed by atoms with Crippen LogP contribution in [0.1, 0.15) is 40.6 Å². The quantitative estimate of drug-likeness (QED) is 0.715. The zero-order valence-corrected chi connectivity index (χ0v) is 15.5. The second kappa shape index (κ2) is 5.81. The van der Waals surface area contributed by atoms with E-state index >= 15 is 0 Å². The molecule has 0 saturated carbocycles. The molecular weight excluding hydrogens is 348 g/mol. The molecule has 132 valence electrons. The first kappa shape index (κ1) is 16.5. The minimum Gasteiger partial charge on any atom is -0.365 e. The zero-order valence-electron chi connectivity index (χ0n) is 14.7. The third kappa shape index (κ3) is 2.35. The number of benzene rings is 1. The Labute approximate surface area is 154 Å². The van der Waals surface area contributed by atoms with E-state index in [1.54, 1.807) is 17.2 Å². The number of nitrogens with one attached hydrogen (secondary N) is 1. The van der Waals surface area contributed by atoms with E-state index in [2.05, 4.69) is 30.2 Å². The van der Waals surface area contributed by atoms with Gasteiger partial charge in [-0.15, -0.1) is 11.3 Å². The Morgan fingerprint density at radius 2 is 2.04 bits per heavy atom. The average molecular weight is 366 g/mol. The van der Waals surface area contributed by atoms with Crippen LogP contribution in [0.5, 0.6) is 0 Å². The maximum absolute atomic E-state index is 12.9. The largest absolute Gasteiger partial charge is 0.365 e. The van der Waals surface area contributed by atoms with E-state index in [-0.39, 0.29) is 6.03 Å². The molecule has 0 atom stereocenters. The molecule has 1 aliphatic rings. The number of carbonyl (C=O) groups is 2. The molecule has 0 bridgehead atoms. The molecule has 7 heteroatoms. The molecule has 0 unspecified atom stereocenters. The molecule has 26 heavy (non-hydrogen) atoms. The molecular formula is C19H18N4O2S. The monoisotopic (exact) mass is 366 g/mol. The second-order valence-electron chi connectivity index (χ2n) is 6.65. The van der Waals surface area contributed by atoms with Crippen molar-refractivity contribution in [1.29, 1.82) is 0 Å². The highest BCUT2D eigenvalue weighted by atomic mass is 32.1. The van der Waals surface area contributed by atoms with Crippen LogP contribution in [0.2, 0.25) is 0 Å². The van der Waals surface area contributed by atoms with Crippen molar-refractivity contribution >= 4 is 50.6 Å². The lowest BCUT2D eigenvalue weighted by atomic mass is 9.99. The van der Waals surface area contributed by atoms with Crippen LogP contribution in [0.3, 0.4) is 0 Å². The van der Waals surface area contributed by atoms with Gasteiger partial charge >= 0.3 is 6.03 Å². The number of hydrogen-bond acceptors (Lipinski definition) is 4. The van der Waals surface area contributed by atoms with Crippen molar-refractivity contribution in [2.24, 2.45) is 5.73 Å². The molecule has 0 spiro atoms. The van der Waals surface area contributed by atoms with Crippen LogP contribution in [-0.4, -0.2) is 16.9 Å². The first-order valence-corrected chi connectivity index (χ1v) is 9.13. The number of rotatable bonds is 3. The van der Waals surface area contributed by atoms with Crippen LogP contribution < -0.4 is 16.0 Å². The van der Waals surface area contributed by atoms with Gasteiger partial charge in [0, 0.05) is 6.20 Å². The van der Waals surface area contributed by atoms with Crippen molar-refractivity contribution in [2.75, 3.05) is 10.2 Å². The zero-order chi connectivity index (χ0) is 18.6. The summed E-state index contributed by atoms with van der Waals surface area (Å²) in [5.41, 5.74) is 9.66. The number of urea groups is 1. The van der Waals surface area contributed by atoms with Crippen LogP contribution in [0, 0.1) is 6.92 Å². The molecule has 3 aromatic rings. The first-order valence-electron chi connectivity index (χ1n) is 8.31. The fraction of sp³-hybridized carbons (Fsp3) is 0.211. The first-order chi connectivity index (χ1) is 12.4. The number of thiophene rings is 1. The Bertz CT molecular complexity index is 1070. The smallest absolute Gasteiger partial charge is 0.331 e. The summed E-state index contributed by atoms with van der Waals surface area (Å²) in [6, 6.07) is 7.58. The summed E-state index contributed by atoms with van der Waals surface area (Å²) in [7, 11) is 0. The topological polar surface area (TPSA) is 88.3 Å². The molecule has 2 aromatic heterocycles. The van der Waals surface area contributed by atoms with Gasteiger partial charge in [0.15, 0.2) is 0 Å². The van der Waals surface area contributed by atoms with Gasteiger partial charge in [0.05, 0.1) is 22.4 Å². The highest BCUT2D eigenvalue weighted by molar-refractivity contribution is 7.21. The molecule has 0 fully saturated rings. The number of amides is 3. The van der Waals surface area contributed by atoms with Gasteiger partial charge in [0.25, 0.3) is 5.91 Å². The predicted octanol–water partition coefficient (Wildman–Crippen LogP) is 4.51. The average Bonchev–Trinajstić information content (AvgIpc) is 2.96. The van der Waals surface area contributed by atoms with Crippen molar-refractivity contribution in [3.05, 3.63) is 46.5 Å². The van der Waals surface area contributed by atoms with E-state index in [9.17, 15) is 9.59 Å². The van der Waals surface area contributed by atoms with Gasteiger partial charge in [0.1, 0.15) is 9.71 Å². The maximum Gasteiger partial charge on any atom is 0.331 e. The highest BCUT2D eigenvalue weighted by Crippen LogP contribution is 2.46. The highest BCUT2D eigenvalue weighted by Gasteiger charge is 2.32. The molecule has 0 radical (unpaired) electrons. The summed E-state index contributed by atoms with van der Waals surface area (Å²) in [5.74, 6) is -0.160. The molecule has 1 aromatic carbocycles. The number of pyridine rings is 1. The van der Waals surface area contributed by atoms with Crippen molar-refractivity contribution in [3.8, 4) is 0 Å². The standard InChI is InChI=1S/C19H18N4O2S/c1-9(2)11-4-5-12(10(3)8-11)23-13-6-7-21-18-14(13)15(22-19(23)25)16(26-18)17(20)24/h4-9H,1-3H3,(H2,20,24)(H,22,25). The number of hydrogen-bond donors (Lipinski definition) is 2. The lowest BCUT2D eigenvalue weighted by molar-refractivity contribution is 0.100. The lowest BCUT2D eigenvalue weighted by Gasteiger charge is -2.29. The van der Waals surface area contributed by atoms with Gasteiger partial charge in [-0.2, -0.15) is 0 Å². The van der Waals surface area contributed by atoms with Crippen molar-refractivity contribution in [1.82, 2.24) is 4.98 Å². The van der Waals surface area contributed by atoms with Gasteiger partial charge in [-0.25, -0.2) is 9.78 Å². The Kier molecular flexibility index (Phi) is 3.69. The van der Waals surface area contributed by atoms with Gasteiger partial charge in [-0.05, 0) is 36.1 Å². The van der Waals surface area contributed by atoms with Crippen LogP contribution in [0.25, 0.3) is 10.2 Å². The molecule has 3 heterocycles. The Morgan fingerprint density at radius 1 is 1.27 bits per heavy atom. The maximum atomic E-state index is 12.9. The molecule has 6 nitrogen and oxygen atoms in total. The van der Waals surface area contributed by atoms with Crippen molar-refractivity contribution in [3.63, 3.8) is 0 Å². The minimum atomic E-state index is -0.569. The van der Waals surface area contributed by atoms with Gasteiger partial charge < -0.3 is 11.1 Å². The van der Waals surface area contributed by atoms with Crippen LogP contribution >= 0.6 is 11.3 Å². The number of nitrogens with zero attached hydrogens (tertiary/aromatic N) is 2. The number of aromatic nitrogens is 1. The summed E-state index contributed by atoms with van der Waals surface area (Å²) in [6.07, 6.45) is 1.64. The van der Waals surface area contributed by atoms with E-state index < -0.39 is 5.91 Å². The summed E-state index contributed by atoms with van der Waals surface area (Å²) in [5, 5.41) is 3.57. The van der Waals surface area contributed by atoms with Crippen molar-refractivity contribution < 1.29 is 9.59 Å². The Hall–Kier alpha value is -2.93. The molecule has 4 rings (SSSR count). The van der Waals surface area contributed by atoms with Crippen LogP contribution in [0.15, 0.2) is 30.5 Å². The lowest BCUT2D eigenvalue weighted by Crippen LogP contribution is -2.34. The number of nitrogens with two attached hydrogens (primary N) is 1. The number of anilines is 3. The molecule has 3 amide bonds.